The molecule has 0 aliphatic carbocycles. The number of aromatic nitrogens is 1. The highest BCUT2D eigenvalue weighted by molar-refractivity contribution is 5.96. The summed E-state index contributed by atoms with van der Waals surface area (Å²) in [4.78, 5) is 28.2. The second-order valence-electron chi connectivity index (χ2n) is 3.77. The number of methoxy groups -OCH3 is 1. The van der Waals surface area contributed by atoms with E-state index in [-0.39, 0.29) is 17.2 Å². The highest BCUT2D eigenvalue weighted by Gasteiger charge is 2.16. The zero-order valence-electron chi connectivity index (χ0n) is 10.7. The maximum atomic E-state index is 12.2. The molecule has 102 valence electrons. The predicted octanol–water partition coefficient (Wildman–Crippen LogP) is 1.05. The van der Waals surface area contributed by atoms with Crippen LogP contribution in [0.5, 0.6) is 0 Å². The summed E-state index contributed by atoms with van der Waals surface area (Å²) in [6, 6.07) is 2.74. The molecule has 0 spiro atoms. The van der Waals surface area contributed by atoms with Crippen molar-refractivity contribution in [1.82, 2.24) is 9.88 Å². The quantitative estimate of drug-likeness (QED) is 0.745. The van der Waals surface area contributed by atoms with Gasteiger partial charge in [-0.1, -0.05) is 6.08 Å². The fourth-order valence-corrected chi connectivity index (χ4v) is 1.50. The van der Waals surface area contributed by atoms with Gasteiger partial charge in [0.05, 0.1) is 6.61 Å². The maximum Gasteiger partial charge on any atom is 0.354 e. The van der Waals surface area contributed by atoms with E-state index in [1.54, 1.807) is 13.2 Å². The van der Waals surface area contributed by atoms with Gasteiger partial charge in [0.1, 0.15) is 5.69 Å². The zero-order chi connectivity index (χ0) is 14.3. The summed E-state index contributed by atoms with van der Waals surface area (Å²) >= 11 is 0. The Balaban J connectivity index is 2.91. The number of carbonyl (C=O) groups excluding carboxylic acids is 1. The fraction of sp³-hybridized carbons (Fsp3) is 0.308. The third kappa shape index (κ3) is 4.18. The standard InChI is InChI=1S/C13H16N2O4/c1-3-6-15(7-8-19-2)12(16)10-4-5-14-11(9-10)13(17)18/h3-5,9H,1,6-8H2,2H3,(H,17,18). The number of carbonyl (C=O) groups is 2. The summed E-state index contributed by atoms with van der Waals surface area (Å²) in [5.74, 6) is -1.44. The van der Waals surface area contributed by atoms with E-state index in [4.69, 9.17) is 9.84 Å². The topological polar surface area (TPSA) is 79.7 Å². The molecule has 0 aromatic carbocycles. The number of nitrogens with zero attached hydrogens (tertiary/aromatic N) is 2. The lowest BCUT2D eigenvalue weighted by Crippen LogP contribution is -2.34. The highest BCUT2D eigenvalue weighted by atomic mass is 16.5. The van der Waals surface area contributed by atoms with E-state index in [2.05, 4.69) is 11.6 Å². The second-order valence-corrected chi connectivity index (χ2v) is 3.77. The zero-order valence-corrected chi connectivity index (χ0v) is 10.7. The Morgan fingerprint density at radius 3 is 2.89 bits per heavy atom. The predicted molar refractivity (Wildman–Crippen MR) is 69.2 cm³/mol. The fourth-order valence-electron chi connectivity index (χ4n) is 1.50. The van der Waals surface area contributed by atoms with Crippen molar-refractivity contribution in [2.45, 2.75) is 0 Å². The molecule has 6 nitrogen and oxygen atoms in total. The van der Waals surface area contributed by atoms with Crippen LogP contribution in [0.15, 0.2) is 31.0 Å². The molecule has 0 aliphatic rings. The maximum absolute atomic E-state index is 12.2. The van der Waals surface area contributed by atoms with Gasteiger partial charge in [0.25, 0.3) is 5.91 Å². The number of aromatic carboxylic acids is 1. The number of rotatable bonds is 7. The van der Waals surface area contributed by atoms with Crippen LogP contribution in [0.2, 0.25) is 0 Å². The van der Waals surface area contributed by atoms with Gasteiger partial charge in [-0.05, 0) is 12.1 Å². The Hall–Kier alpha value is -2.21. The second kappa shape index (κ2) is 7.27. The first kappa shape index (κ1) is 14.8. The van der Waals surface area contributed by atoms with Crippen molar-refractivity contribution in [2.24, 2.45) is 0 Å². The highest BCUT2D eigenvalue weighted by Crippen LogP contribution is 2.07. The first-order valence-corrected chi connectivity index (χ1v) is 5.68. The molecule has 0 fully saturated rings. The molecule has 1 aromatic rings. The molecule has 0 saturated heterocycles. The SMILES string of the molecule is C=CCN(CCOC)C(=O)c1ccnc(C(=O)O)c1. The largest absolute Gasteiger partial charge is 0.477 e. The molecule has 1 rings (SSSR count). The number of ether oxygens (including phenoxy) is 1. The van der Waals surface area contributed by atoms with Crippen molar-refractivity contribution in [1.29, 1.82) is 0 Å². The van der Waals surface area contributed by atoms with Crippen LogP contribution in [-0.4, -0.2) is 53.7 Å². The molecule has 6 heteroatoms. The van der Waals surface area contributed by atoms with E-state index in [0.717, 1.165) is 0 Å². The van der Waals surface area contributed by atoms with Crippen LogP contribution in [0.1, 0.15) is 20.8 Å². The number of hydrogen-bond donors (Lipinski definition) is 1. The van der Waals surface area contributed by atoms with Gasteiger partial charge in [0.15, 0.2) is 0 Å². The van der Waals surface area contributed by atoms with E-state index < -0.39 is 5.97 Å². The van der Waals surface area contributed by atoms with E-state index >= 15 is 0 Å². The van der Waals surface area contributed by atoms with E-state index in [9.17, 15) is 9.59 Å². The molecule has 0 radical (unpaired) electrons. The van der Waals surface area contributed by atoms with Gasteiger partial charge >= 0.3 is 5.97 Å². The lowest BCUT2D eigenvalue weighted by molar-refractivity contribution is 0.0690. The van der Waals surface area contributed by atoms with Crippen molar-refractivity contribution in [3.63, 3.8) is 0 Å². The summed E-state index contributed by atoms with van der Waals surface area (Å²) in [6.45, 7) is 4.77. The van der Waals surface area contributed by atoms with Crippen LogP contribution in [0, 0.1) is 0 Å². The van der Waals surface area contributed by atoms with E-state index in [0.29, 0.717) is 19.7 Å². The van der Waals surface area contributed by atoms with Crippen molar-refractivity contribution in [3.05, 3.63) is 42.2 Å². The van der Waals surface area contributed by atoms with E-state index in [1.807, 2.05) is 0 Å². The Bertz CT molecular complexity index is 473. The van der Waals surface area contributed by atoms with Gasteiger partial charge in [0.2, 0.25) is 0 Å². The summed E-state index contributed by atoms with van der Waals surface area (Å²) in [5, 5.41) is 8.85. The van der Waals surface area contributed by atoms with Crippen LogP contribution in [0.4, 0.5) is 0 Å². The minimum absolute atomic E-state index is 0.156. The van der Waals surface area contributed by atoms with Crippen LogP contribution in [0.25, 0.3) is 0 Å². The Labute approximate surface area is 111 Å². The monoisotopic (exact) mass is 264 g/mol. The molecular formula is C13H16N2O4. The summed E-state index contributed by atoms with van der Waals surface area (Å²) < 4.78 is 4.93. The molecule has 1 aromatic heterocycles. The number of amides is 1. The van der Waals surface area contributed by atoms with Gasteiger partial charge in [-0.3, -0.25) is 4.79 Å². The normalized spacial score (nSPS) is 9.95. The molecule has 19 heavy (non-hydrogen) atoms. The number of hydrogen-bond acceptors (Lipinski definition) is 4. The summed E-state index contributed by atoms with van der Waals surface area (Å²) in [5.41, 5.74) is 0.126. The Kier molecular flexibility index (Phi) is 5.69. The molecule has 0 atom stereocenters. The van der Waals surface area contributed by atoms with Gasteiger partial charge in [-0.15, -0.1) is 6.58 Å². The van der Waals surface area contributed by atoms with Crippen molar-refractivity contribution in [3.8, 4) is 0 Å². The van der Waals surface area contributed by atoms with E-state index in [1.165, 1.54) is 23.2 Å². The number of pyridine rings is 1. The lowest BCUT2D eigenvalue weighted by atomic mass is 10.2. The Morgan fingerprint density at radius 1 is 1.58 bits per heavy atom. The van der Waals surface area contributed by atoms with Crippen LogP contribution in [0.3, 0.4) is 0 Å². The number of carboxylic acid groups (broad SMARTS) is 1. The van der Waals surface area contributed by atoms with Gasteiger partial charge in [-0.25, -0.2) is 9.78 Å². The molecule has 0 aliphatic heterocycles. The minimum Gasteiger partial charge on any atom is -0.477 e. The average Bonchev–Trinajstić information content (AvgIpc) is 2.42. The molecule has 0 unspecified atom stereocenters. The third-order valence-corrected chi connectivity index (χ3v) is 2.43. The van der Waals surface area contributed by atoms with Crippen LogP contribution >= 0.6 is 0 Å². The van der Waals surface area contributed by atoms with Crippen molar-refractivity contribution in [2.75, 3.05) is 26.8 Å². The van der Waals surface area contributed by atoms with Crippen LogP contribution < -0.4 is 0 Å². The number of carboxylic acids is 1. The van der Waals surface area contributed by atoms with Crippen molar-refractivity contribution < 1.29 is 19.4 Å². The molecule has 1 N–H and O–H groups in total. The molecule has 0 bridgehead atoms. The van der Waals surface area contributed by atoms with Crippen LogP contribution in [-0.2, 0) is 4.74 Å². The molecule has 1 amide bonds. The minimum atomic E-state index is -1.16. The molecular weight excluding hydrogens is 248 g/mol. The Morgan fingerprint density at radius 2 is 2.32 bits per heavy atom. The average molecular weight is 264 g/mol. The summed E-state index contributed by atoms with van der Waals surface area (Å²) in [6.07, 6.45) is 2.91. The molecule has 1 heterocycles. The van der Waals surface area contributed by atoms with Gasteiger partial charge in [0, 0.05) is 32.0 Å². The molecule has 0 saturated carbocycles. The summed E-state index contributed by atoms with van der Waals surface area (Å²) in [7, 11) is 1.55. The van der Waals surface area contributed by atoms with Crippen molar-refractivity contribution >= 4 is 11.9 Å². The first-order valence-electron chi connectivity index (χ1n) is 5.68. The van der Waals surface area contributed by atoms with Gasteiger partial charge < -0.3 is 14.7 Å². The first-order chi connectivity index (χ1) is 9.10. The van der Waals surface area contributed by atoms with Gasteiger partial charge in [-0.2, -0.15) is 0 Å². The third-order valence-electron chi connectivity index (χ3n) is 2.43. The smallest absolute Gasteiger partial charge is 0.354 e. The lowest BCUT2D eigenvalue weighted by Gasteiger charge is -2.20.